The highest BCUT2D eigenvalue weighted by molar-refractivity contribution is 6.10. The molecule has 9 heteroatoms. The van der Waals surface area contributed by atoms with Gasteiger partial charge >= 0.3 is 5.69 Å². The van der Waals surface area contributed by atoms with E-state index in [9.17, 15) is 24.5 Å². The van der Waals surface area contributed by atoms with E-state index in [1.165, 1.54) is 36.5 Å². The molecule has 0 saturated carbocycles. The van der Waals surface area contributed by atoms with Crippen molar-refractivity contribution in [3.8, 4) is 0 Å². The van der Waals surface area contributed by atoms with Crippen molar-refractivity contribution in [2.45, 2.75) is 0 Å². The molecule has 0 spiro atoms. The summed E-state index contributed by atoms with van der Waals surface area (Å²) in [5.41, 5.74) is -1.06. The molecule has 1 aromatic carbocycles. The largest absolute Gasteiger partial charge is 0.327 e. The number of carbonyl (C=O) groups is 1. The SMILES string of the molecule is O=C(c1ccc([N+](=O)[O-])cc1)c1cnc2[nH]c(=O)[nH]c(=O)c2c1. The van der Waals surface area contributed by atoms with Gasteiger partial charge in [0.1, 0.15) is 5.65 Å². The summed E-state index contributed by atoms with van der Waals surface area (Å²) in [5.74, 6) is -0.445. The van der Waals surface area contributed by atoms with Crippen molar-refractivity contribution in [2.24, 2.45) is 0 Å². The Kier molecular flexibility index (Phi) is 3.30. The molecular weight excluding hydrogens is 304 g/mol. The summed E-state index contributed by atoms with van der Waals surface area (Å²) in [5, 5.41) is 10.7. The number of nitrogens with one attached hydrogen (secondary N) is 2. The first-order valence-electron chi connectivity index (χ1n) is 6.37. The molecule has 3 rings (SSSR count). The number of fused-ring (bicyclic) bond motifs is 1. The Labute approximate surface area is 126 Å². The lowest BCUT2D eigenvalue weighted by atomic mass is 10.0. The van der Waals surface area contributed by atoms with Crippen molar-refractivity contribution in [2.75, 3.05) is 0 Å². The van der Waals surface area contributed by atoms with E-state index >= 15 is 0 Å². The highest BCUT2D eigenvalue weighted by Gasteiger charge is 2.14. The van der Waals surface area contributed by atoms with Crippen LogP contribution in [-0.2, 0) is 0 Å². The molecule has 114 valence electrons. The van der Waals surface area contributed by atoms with Gasteiger partial charge in [-0.1, -0.05) is 0 Å². The third-order valence-electron chi connectivity index (χ3n) is 3.19. The van der Waals surface area contributed by atoms with Gasteiger partial charge in [-0.25, -0.2) is 9.78 Å². The van der Waals surface area contributed by atoms with Gasteiger partial charge in [-0.15, -0.1) is 0 Å². The maximum Gasteiger partial charge on any atom is 0.327 e. The van der Waals surface area contributed by atoms with E-state index < -0.39 is 22.0 Å². The van der Waals surface area contributed by atoms with E-state index in [1.807, 2.05) is 4.98 Å². The number of nitrogens with zero attached hydrogens (tertiary/aromatic N) is 2. The average Bonchev–Trinajstić information content (AvgIpc) is 2.54. The first-order valence-corrected chi connectivity index (χ1v) is 6.37. The van der Waals surface area contributed by atoms with Crippen molar-refractivity contribution in [1.29, 1.82) is 0 Å². The maximum atomic E-state index is 12.4. The number of benzene rings is 1. The van der Waals surface area contributed by atoms with Gasteiger partial charge in [-0.05, 0) is 18.2 Å². The maximum absolute atomic E-state index is 12.4. The number of carbonyl (C=O) groups excluding carboxylic acids is 1. The third kappa shape index (κ3) is 2.62. The van der Waals surface area contributed by atoms with Gasteiger partial charge in [-0.2, -0.15) is 0 Å². The zero-order chi connectivity index (χ0) is 16.6. The molecule has 2 N–H and O–H groups in total. The number of H-pyrrole nitrogens is 2. The molecule has 0 atom stereocenters. The fourth-order valence-electron chi connectivity index (χ4n) is 2.07. The highest BCUT2D eigenvalue weighted by atomic mass is 16.6. The number of ketones is 1. The van der Waals surface area contributed by atoms with Crippen LogP contribution in [0.2, 0.25) is 0 Å². The van der Waals surface area contributed by atoms with E-state index in [0.29, 0.717) is 0 Å². The number of aromatic amines is 2. The Morgan fingerprint density at radius 2 is 1.78 bits per heavy atom. The van der Waals surface area contributed by atoms with E-state index in [4.69, 9.17) is 0 Å². The molecular formula is C14H8N4O5. The van der Waals surface area contributed by atoms with Crippen LogP contribution < -0.4 is 11.2 Å². The minimum atomic E-state index is -0.690. The van der Waals surface area contributed by atoms with Crippen LogP contribution in [0.3, 0.4) is 0 Å². The van der Waals surface area contributed by atoms with Crippen molar-refractivity contribution < 1.29 is 9.72 Å². The molecule has 0 fully saturated rings. The number of hydrogen-bond acceptors (Lipinski definition) is 6. The van der Waals surface area contributed by atoms with Crippen LogP contribution >= 0.6 is 0 Å². The van der Waals surface area contributed by atoms with Gasteiger partial charge in [0.2, 0.25) is 0 Å². The lowest BCUT2D eigenvalue weighted by Gasteiger charge is -2.02. The van der Waals surface area contributed by atoms with E-state index in [1.54, 1.807) is 0 Å². The lowest BCUT2D eigenvalue weighted by molar-refractivity contribution is -0.384. The Morgan fingerprint density at radius 3 is 2.43 bits per heavy atom. The zero-order valence-electron chi connectivity index (χ0n) is 11.4. The van der Waals surface area contributed by atoms with Gasteiger partial charge in [0.05, 0.1) is 10.3 Å². The molecule has 0 amide bonds. The molecule has 0 bridgehead atoms. The van der Waals surface area contributed by atoms with E-state index in [0.717, 1.165) is 0 Å². The molecule has 9 nitrogen and oxygen atoms in total. The number of nitro groups is 1. The smallest absolute Gasteiger partial charge is 0.291 e. The molecule has 0 unspecified atom stereocenters. The number of aromatic nitrogens is 3. The molecule has 0 aliphatic carbocycles. The third-order valence-corrected chi connectivity index (χ3v) is 3.19. The van der Waals surface area contributed by atoms with Crippen molar-refractivity contribution in [3.05, 3.63) is 78.6 Å². The quantitative estimate of drug-likeness (QED) is 0.415. The molecule has 23 heavy (non-hydrogen) atoms. The fraction of sp³-hybridized carbons (Fsp3) is 0. The predicted octanol–water partition coefficient (Wildman–Crippen LogP) is 0.751. The summed E-state index contributed by atoms with van der Waals surface area (Å²) >= 11 is 0. The van der Waals surface area contributed by atoms with Gasteiger partial charge < -0.3 is 0 Å². The minimum absolute atomic E-state index is 0.0670. The number of hydrogen-bond donors (Lipinski definition) is 2. The van der Waals surface area contributed by atoms with Crippen LogP contribution in [0.1, 0.15) is 15.9 Å². The molecule has 0 saturated heterocycles. The number of pyridine rings is 1. The zero-order valence-corrected chi connectivity index (χ0v) is 11.4. The topological polar surface area (TPSA) is 139 Å². The molecule has 2 aromatic heterocycles. The summed E-state index contributed by atoms with van der Waals surface area (Å²) in [6.45, 7) is 0. The number of nitro benzene ring substituents is 1. The Balaban J connectivity index is 2.05. The highest BCUT2D eigenvalue weighted by Crippen LogP contribution is 2.16. The molecule has 0 radical (unpaired) electrons. The Morgan fingerprint density at radius 1 is 1.09 bits per heavy atom. The normalized spacial score (nSPS) is 10.6. The second kappa shape index (κ2) is 5.30. The fourth-order valence-corrected chi connectivity index (χ4v) is 2.07. The predicted molar refractivity (Wildman–Crippen MR) is 79.5 cm³/mol. The molecule has 0 aliphatic heterocycles. The van der Waals surface area contributed by atoms with Crippen LogP contribution in [0, 0.1) is 10.1 Å². The van der Waals surface area contributed by atoms with Crippen molar-refractivity contribution in [3.63, 3.8) is 0 Å². The summed E-state index contributed by atoms with van der Waals surface area (Å²) in [7, 11) is 0. The first-order chi connectivity index (χ1) is 11.0. The second-order valence-electron chi connectivity index (χ2n) is 4.66. The summed E-state index contributed by atoms with van der Waals surface area (Å²) in [4.78, 5) is 53.6. The van der Waals surface area contributed by atoms with Gasteiger partial charge in [0.25, 0.3) is 11.2 Å². The summed E-state index contributed by atoms with van der Waals surface area (Å²) in [6, 6.07) is 6.38. The van der Waals surface area contributed by atoms with E-state index in [2.05, 4.69) is 9.97 Å². The lowest BCUT2D eigenvalue weighted by Crippen LogP contribution is -2.22. The molecule has 0 aliphatic rings. The minimum Gasteiger partial charge on any atom is -0.291 e. The van der Waals surface area contributed by atoms with E-state index in [-0.39, 0.29) is 27.8 Å². The van der Waals surface area contributed by atoms with Gasteiger partial charge in [0.15, 0.2) is 5.78 Å². The number of non-ortho nitro benzene ring substituents is 1. The summed E-state index contributed by atoms with van der Waals surface area (Å²) < 4.78 is 0. The van der Waals surface area contributed by atoms with Crippen LogP contribution in [0.4, 0.5) is 5.69 Å². The molecule has 2 heterocycles. The monoisotopic (exact) mass is 312 g/mol. The Bertz CT molecular complexity index is 1050. The van der Waals surface area contributed by atoms with Crippen LogP contribution in [0.15, 0.2) is 46.1 Å². The van der Waals surface area contributed by atoms with Crippen molar-refractivity contribution >= 4 is 22.5 Å². The standard InChI is InChI=1S/C14H8N4O5/c19-11(7-1-3-9(4-2-7)18(22)23)8-5-10-12(15-6-8)16-14(21)17-13(10)20/h1-6H,(H2,15,16,17,20,21). The number of rotatable bonds is 3. The summed E-state index contributed by atoms with van der Waals surface area (Å²) in [6.07, 6.45) is 1.22. The van der Waals surface area contributed by atoms with Gasteiger partial charge in [0, 0.05) is 29.5 Å². The second-order valence-corrected chi connectivity index (χ2v) is 4.66. The van der Waals surface area contributed by atoms with Crippen LogP contribution in [0.25, 0.3) is 11.0 Å². The first kappa shape index (κ1) is 14.3. The average molecular weight is 312 g/mol. The van der Waals surface area contributed by atoms with Crippen LogP contribution in [-0.4, -0.2) is 25.7 Å². The van der Waals surface area contributed by atoms with Gasteiger partial charge in [-0.3, -0.25) is 29.7 Å². The van der Waals surface area contributed by atoms with Crippen molar-refractivity contribution in [1.82, 2.24) is 15.0 Å². The Hall–Kier alpha value is -3.62. The molecule has 3 aromatic rings. The van der Waals surface area contributed by atoms with Crippen LogP contribution in [0.5, 0.6) is 0 Å².